The van der Waals surface area contributed by atoms with E-state index in [2.05, 4.69) is 41.5 Å². The van der Waals surface area contributed by atoms with Crippen LogP contribution < -0.4 is 0 Å². The Morgan fingerprint density at radius 1 is 0.906 bits per heavy atom. The van der Waals surface area contributed by atoms with Crippen LogP contribution in [0.5, 0.6) is 0 Å². The Labute approximate surface area is 199 Å². The predicted molar refractivity (Wildman–Crippen MR) is 134 cm³/mol. The molecule has 0 aliphatic heterocycles. The fourth-order valence-corrected chi connectivity index (χ4v) is 9.83. The molecule has 2 nitrogen and oxygen atoms in total. The van der Waals surface area contributed by atoms with Crippen molar-refractivity contribution in [2.24, 2.45) is 46.3 Å². The maximum atomic E-state index is 10.8. The average molecular weight is 447 g/mol. The Morgan fingerprint density at radius 3 is 2.34 bits per heavy atom. The monoisotopic (exact) mass is 446 g/mol. The quantitative estimate of drug-likeness (QED) is 0.419. The summed E-state index contributed by atoms with van der Waals surface area (Å²) in [7, 11) is 0. The van der Waals surface area contributed by atoms with E-state index in [9.17, 15) is 10.2 Å². The summed E-state index contributed by atoms with van der Waals surface area (Å²) in [6.07, 6.45) is 17.2. The van der Waals surface area contributed by atoms with Gasteiger partial charge in [0.15, 0.2) is 0 Å². The van der Waals surface area contributed by atoms with Crippen LogP contribution in [0.4, 0.5) is 0 Å². The first-order valence-electron chi connectivity index (χ1n) is 14.4. The Morgan fingerprint density at radius 2 is 1.62 bits per heavy atom. The van der Waals surface area contributed by atoms with Gasteiger partial charge in [-0.1, -0.05) is 40.5 Å². The van der Waals surface area contributed by atoms with E-state index in [-0.39, 0.29) is 0 Å². The second-order valence-electron chi connectivity index (χ2n) is 14.2. The summed E-state index contributed by atoms with van der Waals surface area (Å²) in [6.45, 7) is 14.1. The summed E-state index contributed by atoms with van der Waals surface area (Å²) in [5.41, 5.74) is 0.0792. The van der Waals surface area contributed by atoms with Crippen molar-refractivity contribution in [1.82, 2.24) is 0 Å². The summed E-state index contributed by atoms with van der Waals surface area (Å²) in [5, 5.41) is 21.6. The molecule has 0 bridgehead atoms. The van der Waals surface area contributed by atoms with Crippen molar-refractivity contribution in [3.63, 3.8) is 0 Å². The van der Waals surface area contributed by atoms with Gasteiger partial charge < -0.3 is 10.2 Å². The number of aliphatic hydroxyl groups is 2. The van der Waals surface area contributed by atoms with E-state index < -0.39 is 11.2 Å². The van der Waals surface area contributed by atoms with Crippen LogP contribution in [-0.2, 0) is 0 Å². The van der Waals surface area contributed by atoms with Gasteiger partial charge in [-0.05, 0) is 137 Å². The first-order chi connectivity index (χ1) is 14.9. The fraction of sp³-hybridized carbons (Fsp3) is 1.00. The maximum absolute atomic E-state index is 10.8. The number of fused-ring (bicyclic) bond motifs is 5. The van der Waals surface area contributed by atoms with Crippen molar-refractivity contribution in [1.29, 1.82) is 0 Å². The van der Waals surface area contributed by atoms with Gasteiger partial charge in [0, 0.05) is 0 Å². The zero-order valence-corrected chi connectivity index (χ0v) is 22.3. The number of rotatable bonds is 7. The van der Waals surface area contributed by atoms with Gasteiger partial charge in [-0.25, -0.2) is 0 Å². The third-order valence-corrected chi connectivity index (χ3v) is 11.9. The molecule has 0 heterocycles. The Hall–Kier alpha value is -0.0800. The van der Waals surface area contributed by atoms with Gasteiger partial charge in [-0.3, -0.25) is 0 Å². The van der Waals surface area contributed by atoms with Gasteiger partial charge in [-0.15, -0.1) is 0 Å². The second kappa shape index (κ2) is 8.85. The van der Waals surface area contributed by atoms with Crippen molar-refractivity contribution in [2.45, 2.75) is 143 Å². The molecule has 0 aromatic heterocycles. The molecule has 2 heteroatoms. The first-order valence-corrected chi connectivity index (χ1v) is 14.4. The molecule has 4 aliphatic rings. The molecule has 0 radical (unpaired) electrons. The highest BCUT2D eigenvalue weighted by molar-refractivity contribution is 5.10. The predicted octanol–water partition coefficient (Wildman–Crippen LogP) is 7.75. The highest BCUT2D eigenvalue weighted by Gasteiger charge is 2.61. The molecule has 32 heavy (non-hydrogen) atoms. The van der Waals surface area contributed by atoms with Crippen LogP contribution in [0.2, 0.25) is 0 Å². The highest BCUT2D eigenvalue weighted by Crippen LogP contribution is 2.68. The molecule has 10 atom stereocenters. The number of unbranched alkanes of at least 4 members (excludes halogenated alkanes) is 1. The molecule has 2 N–H and O–H groups in total. The van der Waals surface area contributed by atoms with Crippen LogP contribution in [0.15, 0.2) is 0 Å². The molecular formula is C30H54O2. The summed E-state index contributed by atoms with van der Waals surface area (Å²) >= 11 is 0. The molecule has 0 aromatic carbocycles. The fourth-order valence-electron chi connectivity index (χ4n) is 9.83. The van der Waals surface area contributed by atoms with Crippen molar-refractivity contribution in [2.75, 3.05) is 0 Å². The van der Waals surface area contributed by atoms with Crippen LogP contribution >= 0.6 is 0 Å². The maximum Gasteiger partial charge on any atom is 0.0622 e. The van der Waals surface area contributed by atoms with Crippen LogP contribution in [0.25, 0.3) is 0 Å². The number of hydrogen-bond acceptors (Lipinski definition) is 2. The van der Waals surface area contributed by atoms with E-state index in [0.717, 1.165) is 67.6 Å². The van der Waals surface area contributed by atoms with Gasteiger partial charge >= 0.3 is 0 Å². The molecule has 4 saturated carbocycles. The van der Waals surface area contributed by atoms with E-state index in [0.29, 0.717) is 10.8 Å². The third kappa shape index (κ3) is 4.46. The summed E-state index contributed by atoms with van der Waals surface area (Å²) in [6, 6.07) is 0. The van der Waals surface area contributed by atoms with E-state index >= 15 is 0 Å². The standard InChI is InChI=1S/C30H54O2/c1-7-8-15-27(3,31)16-13-21(2)24-11-12-25-23-10-9-22-20-28(4,32)18-19-29(22,5)26(23)14-17-30(24,25)6/h21-26,31-32H,7-20H2,1-6H3/t21-,22+,23+,24-,25+,26?,27?,28+,29+,30-/m1/s1. The molecule has 4 aliphatic carbocycles. The summed E-state index contributed by atoms with van der Waals surface area (Å²) < 4.78 is 0. The first kappa shape index (κ1) is 25.0. The van der Waals surface area contributed by atoms with Gasteiger partial charge in [0.25, 0.3) is 0 Å². The van der Waals surface area contributed by atoms with Crippen LogP contribution in [0, 0.1) is 46.3 Å². The minimum Gasteiger partial charge on any atom is -0.390 e. The zero-order valence-electron chi connectivity index (χ0n) is 22.3. The van der Waals surface area contributed by atoms with E-state index in [1.54, 1.807) is 0 Å². The van der Waals surface area contributed by atoms with Gasteiger partial charge in [0.05, 0.1) is 11.2 Å². The van der Waals surface area contributed by atoms with Gasteiger partial charge in [-0.2, -0.15) is 0 Å². The lowest BCUT2D eigenvalue weighted by atomic mass is 9.43. The molecule has 0 aromatic rings. The Balaban J connectivity index is 1.43. The topological polar surface area (TPSA) is 40.5 Å². The van der Waals surface area contributed by atoms with Crippen LogP contribution in [0.3, 0.4) is 0 Å². The molecule has 4 rings (SSSR count). The van der Waals surface area contributed by atoms with Gasteiger partial charge in [0.1, 0.15) is 0 Å². The minimum atomic E-state index is -0.476. The molecule has 0 amide bonds. The average Bonchev–Trinajstić information content (AvgIpc) is 3.08. The molecule has 186 valence electrons. The molecule has 4 fully saturated rings. The Kier molecular flexibility index (Phi) is 6.92. The molecule has 2 unspecified atom stereocenters. The van der Waals surface area contributed by atoms with Crippen molar-refractivity contribution in [3.8, 4) is 0 Å². The lowest BCUT2D eigenvalue weighted by Crippen LogP contribution is -2.55. The minimum absolute atomic E-state index is 0.424. The van der Waals surface area contributed by atoms with E-state index in [4.69, 9.17) is 0 Å². The van der Waals surface area contributed by atoms with Crippen molar-refractivity contribution < 1.29 is 10.2 Å². The lowest BCUT2D eigenvalue weighted by Gasteiger charge is -2.62. The van der Waals surface area contributed by atoms with Crippen molar-refractivity contribution in [3.05, 3.63) is 0 Å². The largest absolute Gasteiger partial charge is 0.390 e. The van der Waals surface area contributed by atoms with Crippen molar-refractivity contribution >= 4 is 0 Å². The Bertz CT molecular complexity index is 653. The van der Waals surface area contributed by atoms with Crippen LogP contribution in [0.1, 0.15) is 131 Å². The number of hydrogen-bond donors (Lipinski definition) is 2. The second-order valence-corrected chi connectivity index (χ2v) is 14.2. The summed E-state index contributed by atoms with van der Waals surface area (Å²) in [4.78, 5) is 0. The highest BCUT2D eigenvalue weighted by atomic mass is 16.3. The normalized spacial score (nSPS) is 48.9. The van der Waals surface area contributed by atoms with Crippen LogP contribution in [-0.4, -0.2) is 21.4 Å². The van der Waals surface area contributed by atoms with Gasteiger partial charge in [0.2, 0.25) is 0 Å². The van der Waals surface area contributed by atoms with E-state index in [1.165, 1.54) is 57.8 Å². The molecular weight excluding hydrogens is 392 g/mol. The smallest absolute Gasteiger partial charge is 0.0622 e. The lowest BCUT2D eigenvalue weighted by molar-refractivity contribution is -0.148. The molecule has 0 saturated heterocycles. The zero-order chi connectivity index (χ0) is 23.4. The summed E-state index contributed by atoms with van der Waals surface area (Å²) in [5.74, 6) is 5.02. The van der Waals surface area contributed by atoms with E-state index in [1.807, 2.05) is 0 Å². The molecule has 0 spiro atoms. The SMILES string of the molecule is CCCCC(C)(O)CC[C@@H](C)[C@H]1CC[C@H]2[C@@H]3CC[C@H]4C[C@@](C)(O)CC[C@]4(C)C3CC[C@]12C. The third-order valence-electron chi connectivity index (χ3n) is 11.9.